The van der Waals surface area contributed by atoms with E-state index in [1.54, 1.807) is 11.7 Å². The van der Waals surface area contributed by atoms with Crippen LogP contribution in [-0.4, -0.2) is 55.2 Å². The molecule has 5 nitrogen and oxygen atoms in total. The maximum atomic E-state index is 4.64. The number of hydrogen-bond acceptors (Lipinski definition) is 3. The Kier molecular flexibility index (Phi) is 6.74. The molecule has 0 atom stereocenters. The molecule has 3 N–H and O–H groups in total. The van der Waals surface area contributed by atoms with Crippen LogP contribution < -0.4 is 0 Å². The predicted octanol–water partition coefficient (Wildman–Crippen LogP) is -1.33. The zero-order chi connectivity index (χ0) is 5.28. The molecule has 1 rings (SSSR count). The average molecular weight is 157 g/mol. The van der Waals surface area contributed by atoms with E-state index in [0.29, 0.717) is 4.77 Å². The molecule has 0 fully saturated rings. The van der Waals surface area contributed by atoms with Gasteiger partial charge in [0.2, 0.25) is 4.77 Å². The van der Waals surface area contributed by atoms with Crippen molar-refractivity contribution in [1.82, 2.24) is 20.2 Å². The van der Waals surface area contributed by atoms with Gasteiger partial charge in [0.15, 0.2) is 0 Å². The Morgan fingerprint density at radius 2 is 2.22 bits per heavy atom. The molecule has 0 saturated heterocycles. The number of nitrogens with zero attached hydrogens (tertiary/aromatic N) is 3. The van der Waals surface area contributed by atoms with Crippen LogP contribution in [0.1, 0.15) is 0 Å². The Labute approximate surface area is 79.0 Å². The summed E-state index contributed by atoms with van der Waals surface area (Å²) >= 11 is 4.64. The van der Waals surface area contributed by atoms with Gasteiger partial charge in [-0.3, -0.25) is 0 Å². The van der Waals surface area contributed by atoms with Gasteiger partial charge in [-0.1, -0.05) is 10.3 Å². The third-order valence-electron chi connectivity index (χ3n) is 0.617. The summed E-state index contributed by atoms with van der Waals surface area (Å²) in [5, 5.41) is 9.41. The van der Waals surface area contributed by atoms with Crippen LogP contribution in [0.25, 0.3) is 0 Å². The summed E-state index contributed by atoms with van der Waals surface area (Å²) in [5.74, 6) is 0. The summed E-state index contributed by atoms with van der Waals surface area (Å²) in [5.41, 5.74) is 0. The van der Waals surface area contributed by atoms with Crippen molar-refractivity contribution in [3.8, 4) is 0 Å². The van der Waals surface area contributed by atoms with E-state index in [-0.39, 0.29) is 35.0 Å². The number of nitrogens with one attached hydrogen (secondary N) is 1. The number of aromatic amines is 1. The minimum atomic E-state index is 0. The second-order valence-corrected chi connectivity index (χ2v) is 1.51. The molecule has 0 saturated carbocycles. The van der Waals surface area contributed by atoms with Gasteiger partial charge in [-0.25, -0.2) is 4.68 Å². The molecule has 0 aliphatic carbocycles. The van der Waals surface area contributed by atoms with Crippen LogP contribution in [0.15, 0.2) is 0 Å². The average Bonchev–Trinajstić information content (AvgIpc) is 1.91. The van der Waals surface area contributed by atoms with Crippen LogP contribution in [0, 0.1) is 4.77 Å². The molecule has 1 radical (unpaired) electrons. The quantitative estimate of drug-likeness (QED) is 0.374. The van der Waals surface area contributed by atoms with E-state index in [9.17, 15) is 0 Å². The monoisotopic (exact) mass is 157 g/mol. The van der Waals surface area contributed by atoms with Crippen LogP contribution >= 0.6 is 12.2 Å². The molecule has 1 aromatic rings. The summed E-state index contributed by atoms with van der Waals surface area (Å²) in [6, 6.07) is 0. The summed E-state index contributed by atoms with van der Waals surface area (Å²) in [7, 11) is 1.75. The van der Waals surface area contributed by atoms with Crippen LogP contribution in [0.5, 0.6) is 0 Å². The molecule has 0 aliphatic rings. The first-order valence-electron chi connectivity index (χ1n) is 1.75. The van der Waals surface area contributed by atoms with Crippen molar-refractivity contribution in [2.24, 2.45) is 7.05 Å². The maximum Gasteiger partial charge on any atom is 0.237 e. The van der Waals surface area contributed by atoms with Crippen molar-refractivity contribution in [2.45, 2.75) is 0 Å². The third kappa shape index (κ3) is 3.07. The minimum Gasteiger partial charge on any atom is -0.412 e. The summed E-state index contributed by atoms with van der Waals surface area (Å²) < 4.78 is 2.02. The van der Waals surface area contributed by atoms with Crippen molar-refractivity contribution >= 4 is 41.8 Å². The Balaban J connectivity index is 0. The molecule has 0 aromatic carbocycles. The second kappa shape index (κ2) is 5.07. The molecule has 1 heterocycles. The SMILES string of the molecule is Cn1[nH]nnc1=S.O.[Na]. The predicted molar refractivity (Wildman–Crippen MR) is 35.6 cm³/mol. The number of aromatic nitrogens is 4. The molecular weight excluding hydrogens is 151 g/mol. The van der Waals surface area contributed by atoms with Gasteiger partial charge in [-0.05, 0) is 12.2 Å². The zero-order valence-electron chi connectivity index (χ0n) is 5.25. The van der Waals surface area contributed by atoms with E-state index in [0.717, 1.165) is 0 Å². The van der Waals surface area contributed by atoms with E-state index in [2.05, 4.69) is 27.7 Å². The molecule has 9 heavy (non-hydrogen) atoms. The Morgan fingerprint density at radius 3 is 2.33 bits per heavy atom. The molecule has 1 aromatic heterocycles. The second-order valence-electron chi connectivity index (χ2n) is 1.14. The Morgan fingerprint density at radius 1 is 1.67 bits per heavy atom. The minimum absolute atomic E-state index is 0. The van der Waals surface area contributed by atoms with Gasteiger partial charge in [-0.2, -0.15) is 5.21 Å². The van der Waals surface area contributed by atoms with Gasteiger partial charge in [0.1, 0.15) is 0 Å². The topological polar surface area (TPSA) is 78.0 Å². The molecule has 7 heteroatoms. The normalized spacial score (nSPS) is 7.22. The number of hydrogen-bond donors (Lipinski definition) is 1. The first-order chi connectivity index (χ1) is 3.30. The van der Waals surface area contributed by atoms with Gasteiger partial charge >= 0.3 is 0 Å². The van der Waals surface area contributed by atoms with Gasteiger partial charge in [-0.15, -0.1) is 0 Å². The molecular formula is C2H6N4NaOS. The number of H-pyrrole nitrogens is 1. The maximum absolute atomic E-state index is 4.64. The van der Waals surface area contributed by atoms with E-state index < -0.39 is 0 Å². The number of rotatable bonds is 0. The smallest absolute Gasteiger partial charge is 0.237 e. The molecule has 0 spiro atoms. The van der Waals surface area contributed by atoms with Gasteiger partial charge < -0.3 is 5.48 Å². The Hall–Kier alpha value is 0.250. The molecule has 0 amide bonds. The van der Waals surface area contributed by atoms with Crippen molar-refractivity contribution in [3.05, 3.63) is 4.77 Å². The summed E-state index contributed by atoms with van der Waals surface area (Å²) in [6.45, 7) is 0. The van der Waals surface area contributed by atoms with Crippen LogP contribution in [-0.2, 0) is 7.05 Å². The van der Waals surface area contributed by atoms with Crippen molar-refractivity contribution < 1.29 is 5.48 Å². The van der Waals surface area contributed by atoms with Crippen molar-refractivity contribution in [1.29, 1.82) is 0 Å². The van der Waals surface area contributed by atoms with Crippen molar-refractivity contribution in [3.63, 3.8) is 0 Å². The standard InChI is InChI=1S/C2H4N4S.Na.H2O/c1-6-2(7)3-4-5-6;;/h1H3,(H,3,5,7);;1H2. The fraction of sp³-hybridized carbons (Fsp3) is 0.500. The fourth-order valence-corrected chi connectivity index (χ4v) is 0.324. The third-order valence-corrected chi connectivity index (χ3v) is 0.973. The van der Waals surface area contributed by atoms with Crippen LogP contribution in [0.4, 0.5) is 0 Å². The first-order valence-corrected chi connectivity index (χ1v) is 2.15. The van der Waals surface area contributed by atoms with E-state index >= 15 is 0 Å². The van der Waals surface area contributed by atoms with Gasteiger partial charge in [0, 0.05) is 36.6 Å². The van der Waals surface area contributed by atoms with Crippen molar-refractivity contribution in [2.75, 3.05) is 0 Å². The van der Waals surface area contributed by atoms with Gasteiger partial charge in [0.25, 0.3) is 0 Å². The van der Waals surface area contributed by atoms with Crippen LogP contribution in [0.3, 0.4) is 0 Å². The summed E-state index contributed by atoms with van der Waals surface area (Å²) in [6.07, 6.45) is 0. The number of aryl methyl sites for hydroxylation is 1. The van der Waals surface area contributed by atoms with Crippen LogP contribution in [0.2, 0.25) is 0 Å². The number of tetrazole rings is 1. The zero-order valence-corrected chi connectivity index (χ0v) is 8.07. The molecule has 0 unspecified atom stereocenters. The first kappa shape index (κ1) is 12.0. The molecule has 0 bridgehead atoms. The fourth-order valence-electron chi connectivity index (χ4n) is 0.242. The van der Waals surface area contributed by atoms with E-state index in [1.165, 1.54) is 0 Å². The van der Waals surface area contributed by atoms with Gasteiger partial charge in [0.05, 0.1) is 0 Å². The Bertz CT molecular complexity index is 206. The largest absolute Gasteiger partial charge is 0.412 e. The van der Waals surface area contributed by atoms with E-state index in [4.69, 9.17) is 0 Å². The molecule has 47 valence electrons. The summed E-state index contributed by atoms with van der Waals surface area (Å²) in [4.78, 5) is 0. The molecule has 0 aliphatic heterocycles. The van der Waals surface area contributed by atoms with E-state index in [1.807, 2.05) is 0 Å².